The number of hydrogen-bond donors (Lipinski definition) is 1. The second-order valence-electron chi connectivity index (χ2n) is 3.43. The first kappa shape index (κ1) is 9.09. The van der Waals surface area contributed by atoms with Gasteiger partial charge in [-0.2, -0.15) is 0 Å². The second kappa shape index (κ2) is 3.72. The summed E-state index contributed by atoms with van der Waals surface area (Å²) in [5, 5.41) is 2.93. The summed E-state index contributed by atoms with van der Waals surface area (Å²) >= 11 is 1.58. The summed E-state index contributed by atoms with van der Waals surface area (Å²) in [6, 6.07) is 0. The number of aromatic nitrogens is 1. The molecule has 0 aromatic carbocycles. The molecule has 1 aromatic rings. The van der Waals surface area contributed by atoms with Crippen molar-refractivity contribution in [1.82, 2.24) is 4.98 Å². The Balaban J connectivity index is 2.03. The Morgan fingerprint density at radius 3 is 3.08 bits per heavy atom. The minimum absolute atomic E-state index is 0.383. The Kier molecular flexibility index (Phi) is 2.60. The quantitative estimate of drug-likeness (QED) is 0.810. The minimum atomic E-state index is -0.964. The average Bonchev–Trinajstić information content (AvgIpc) is 2.84. The van der Waals surface area contributed by atoms with Gasteiger partial charge >= 0.3 is 0 Å². The first-order valence-corrected chi connectivity index (χ1v) is 5.48. The van der Waals surface area contributed by atoms with E-state index in [1.165, 1.54) is 12.8 Å². The van der Waals surface area contributed by atoms with Gasteiger partial charge in [0.15, 0.2) is 0 Å². The number of nitrogens with two attached hydrogens (primary N) is 1. The van der Waals surface area contributed by atoms with E-state index in [0.717, 1.165) is 5.01 Å². The molecular formula is C9H13FN2S. The Morgan fingerprint density at radius 2 is 2.46 bits per heavy atom. The van der Waals surface area contributed by atoms with Crippen LogP contribution in [0.3, 0.4) is 0 Å². The van der Waals surface area contributed by atoms with Gasteiger partial charge in [-0.25, -0.2) is 9.37 Å². The predicted octanol–water partition coefficient (Wildman–Crippen LogP) is 2.38. The van der Waals surface area contributed by atoms with Crippen molar-refractivity contribution in [2.24, 2.45) is 5.73 Å². The number of rotatable bonds is 4. The first-order chi connectivity index (χ1) is 6.31. The molecule has 0 spiro atoms. The molecule has 1 aliphatic carbocycles. The van der Waals surface area contributed by atoms with E-state index < -0.39 is 6.17 Å². The zero-order valence-electron chi connectivity index (χ0n) is 7.37. The lowest BCUT2D eigenvalue weighted by atomic mass is 10.2. The van der Waals surface area contributed by atoms with Crippen LogP contribution in [0.5, 0.6) is 0 Å². The monoisotopic (exact) mass is 200 g/mol. The normalized spacial score (nSPS) is 18.9. The van der Waals surface area contributed by atoms with Gasteiger partial charge in [0.25, 0.3) is 0 Å². The number of thiazole rings is 1. The molecule has 1 fully saturated rings. The van der Waals surface area contributed by atoms with Crippen LogP contribution in [-0.2, 0) is 0 Å². The Hall–Kier alpha value is -0.480. The van der Waals surface area contributed by atoms with E-state index in [4.69, 9.17) is 5.73 Å². The molecule has 2 N–H and O–H groups in total. The van der Waals surface area contributed by atoms with Gasteiger partial charge in [-0.1, -0.05) is 0 Å². The summed E-state index contributed by atoms with van der Waals surface area (Å²) in [5.74, 6) is 0.629. The third-order valence-corrected chi connectivity index (χ3v) is 3.23. The molecule has 1 heterocycles. The summed E-state index contributed by atoms with van der Waals surface area (Å²) in [6.07, 6.45) is 1.86. The van der Waals surface area contributed by atoms with Crippen LogP contribution in [-0.4, -0.2) is 11.5 Å². The summed E-state index contributed by atoms with van der Waals surface area (Å²) in [7, 11) is 0. The highest BCUT2D eigenvalue weighted by molar-refractivity contribution is 7.09. The molecule has 0 radical (unpaired) electrons. The number of halogens is 1. The fraction of sp³-hybridized carbons (Fsp3) is 0.667. The summed E-state index contributed by atoms with van der Waals surface area (Å²) in [4.78, 5) is 4.28. The molecule has 1 atom stereocenters. The van der Waals surface area contributed by atoms with E-state index in [1.807, 2.05) is 5.38 Å². The standard InChI is InChI=1S/C9H13FN2S/c10-7(3-4-11)8-5-13-9(12-8)6-1-2-6/h5-7H,1-4,11H2. The van der Waals surface area contributed by atoms with Crippen molar-refractivity contribution in [3.63, 3.8) is 0 Å². The highest BCUT2D eigenvalue weighted by atomic mass is 32.1. The lowest BCUT2D eigenvalue weighted by Crippen LogP contribution is -2.03. The molecule has 4 heteroatoms. The lowest BCUT2D eigenvalue weighted by Gasteiger charge is -2.00. The van der Waals surface area contributed by atoms with Gasteiger partial charge in [-0.3, -0.25) is 0 Å². The topological polar surface area (TPSA) is 38.9 Å². The van der Waals surface area contributed by atoms with Gasteiger partial charge in [-0.15, -0.1) is 11.3 Å². The predicted molar refractivity (Wildman–Crippen MR) is 51.6 cm³/mol. The highest BCUT2D eigenvalue weighted by Gasteiger charge is 2.27. The maximum absolute atomic E-state index is 13.3. The van der Waals surface area contributed by atoms with Crippen molar-refractivity contribution in [1.29, 1.82) is 0 Å². The Morgan fingerprint density at radius 1 is 1.69 bits per heavy atom. The van der Waals surface area contributed by atoms with Crippen LogP contribution in [0.25, 0.3) is 0 Å². The van der Waals surface area contributed by atoms with E-state index in [-0.39, 0.29) is 0 Å². The molecule has 1 unspecified atom stereocenters. The summed E-state index contributed by atoms with van der Waals surface area (Å²) in [5.41, 5.74) is 5.86. The van der Waals surface area contributed by atoms with Crippen molar-refractivity contribution in [2.75, 3.05) is 6.54 Å². The van der Waals surface area contributed by atoms with E-state index in [9.17, 15) is 4.39 Å². The largest absolute Gasteiger partial charge is 0.330 e. The van der Waals surface area contributed by atoms with E-state index >= 15 is 0 Å². The molecule has 72 valence electrons. The van der Waals surface area contributed by atoms with Crippen LogP contribution in [0, 0.1) is 0 Å². The molecule has 0 amide bonds. The van der Waals surface area contributed by atoms with Crippen LogP contribution in [0.15, 0.2) is 5.38 Å². The van der Waals surface area contributed by atoms with Crippen LogP contribution in [0.1, 0.15) is 42.1 Å². The molecule has 1 aliphatic rings. The van der Waals surface area contributed by atoms with Crippen LogP contribution in [0.2, 0.25) is 0 Å². The van der Waals surface area contributed by atoms with Crippen molar-refractivity contribution in [3.05, 3.63) is 16.1 Å². The van der Waals surface area contributed by atoms with Crippen LogP contribution >= 0.6 is 11.3 Å². The SMILES string of the molecule is NCCC(F)c1csc(C2CC2)n1. The first-order valence-electron chi connectivity index (χ1n) is 4.60. The Bertz CT molecular complexity index is 283. The third-order valence-electron chi connectivity index (χ3n) is 2.21. The molecule has 1 aromatic heterocycles. The second-order valence-corrected chi connectivity index (χ2v) is 4.32. The van der Waals surface area contributed by atoms with Crippen molar-refractivity contribution >= 4 is 11.3 Å². The third kappa shape index (κ3) is 2.06. The maximum Gasteiger partial charge on any atom is 0.144 e. The fourth-order valence-corrected chi connectivity index (χ4v) is 2.28. The lowest BCUT2D eigenvalue weighted by molar-refractivity contribution is 0.321. The van der Waals surface area contributed by atoms with Crippen LogP contribution in [0.4, 0.5) is 4.39 Å². The van der Waals surface area contributed by atoms with Crippen molar-refractivity contribution in [3.8, 4) is 0 Å². The summed E-state index contributed by atoms with van der Waals surface area (Å²) < 4.78 is 13.3. The maximum atomic E-state index is 13.3. The van der Waals surface area contributed by atoms with Crippen molar-refractivity contribution < 1.29 is 4.39 Å². The highest BCUT2D eigenvalue weighted by Crippen LogP contribution is 2.42. The molecule has 0 aliphatic heterocycles. The average molecular weight is 200 g/mol. The molecule has 13 heavy (non-hydrogen) atoms. The zero-order valence-corrected chi connectivity index (χ0v) is 8.19. The van der Waals surface area contributed by atoms with Gasteiger partial charge in [0, 0.05) is 11.3 Å². The van der Waals surface area contributed by atoms with Gasteiger partial charge < -0.3 is 5.73 Å². The van der Waals surface area contributed by atoms with Gasteiger partial charge in [0.2, 0.25) is 0 Å². The molecular weight excluding hydrogens is 187 g/mol. The molecule has 2 rings (SSSR count). The van der Waals surface area contributed by atoms with E-state index in [1.54, 1.807) is 11.3 Å². The van der Waals surface area contributed by atoms with Gasteiger partial charge in [0.1, 0.15) is 6.17 Å². The zero-order chi connectivity index (χ0) is 9.26. The smallest absolute Gasteiger partial charge is 0.144 e. The molecule has 0 bridgehead atoms. The summed E-state index contributed by atoms with van der Waals surface area (Å²) in [6.45, 7) is 0.386. The van der Waals surface area contributed by atoms with Crippen molar-refractivity contribution in [2.45, 2.75) is 31.4 Å². The Labute approximate surface area is 81.0 Å². The molecule has 1 saturated carbocycles. The van der Waals surface area contributed by atoms with Crippen LogP contribution < -0.4 is 5.73 Å². The van der Waals surface area contributed by atoms with E-state index in [0.29, 0.717) is 24.6 Å². The van der Waals surface area contributed by atoms with E-state index in [2.05, 4.69) is 4.98 Å². The molecule has 2 nitrogen and oxygen atoms in total. The number of alkyl halides is 1. The van der Waals surface area contributed by atoms with Gasteiger partial charge in [0.05, 0.1) is 10.7 Å². The van der Waals surface area contributed by atoms with Gasteiger partial charge in [-0.05, 0) is 25.8 Å². The minimum Gasteiger partial charge on any atom is -0.330 e. The number of hydrogen-bond acceptors (Lipinski definition) is 3. The number of nitrogens with zero attached hydrogens (tertiary/aromatic N) is 1. The molecule has 0 saturated heterocycles. The fourth-order valence-electron chi connectivity index (χ4n) is 1.26.